The molecule has 2 amide bonds. The highest BCUT2D eigenvalue weighted by atomic mass is 16.5. The number of benzene rings is 1. The molecule has 0 bridgehead atoms. The average molecular weight is 316 g/mol. The fourth-order valence-corrected chi connectivity index (χ4v) is 3.44. The first kappa shape index (κ1) is 15.8. The van der Waals surface area contributed by atoms with Crippen LogP contribution in [0.5, 0.6) is 5.75 Å². The molecule has 1 atom stereocenters. The number of para-hydroxylation sites is 2. The van der Waals surface area contributed by atoms with Crippen LogP contribution in [0, 0.1) is 0 Å². The minimum atomic E-state index is -0.558. The summed E-state index contributed by atoms with van der Waals surface area (Å²) in [7, 11) is 1.86. The predicted octanol–water partition coefficient (Wildman–Crippen LogP) is 2.59. The first-order valence-corrected chi connectivity index (χ1v) is 8.40. The van der Waals surface area contributed by atoms with Crippen LogP contribution in [-0.2, 0) is 9.59 Å². The van der Waals surface area contributed by atoms with Crippen LogP contribution < -0.4 is 9.64 Å². The van der Waals surface area contributed by atoms with Gasteiger partial charge in [0.05, 0.1) is 5.69 Å². The summed E-state index contributed by atoms with van der Waals surface area (Å²) < 4.78 is 5.62. The van der Waals surface area contributed by atoms with Crippen molar-refractivity contribution in [1.29, 1.82) is 0 Å². The highest BCUT2D eigenvalue weighted by Crippen LogP contribution is 2.33. The highest BCUT2D eigenvalue weighted by Gasteiger charge is 2.34. The van der Waals surface area contributed by atoms with Crippen LogP contribution in [0.1, 0.15) is 39.0 Å². The normalized spacial score (nSPS) is 21.6. The van der Waals surface area contributed by atoms with Gasteiger partial charge in [-0.25, -0.2) is 0 Å². The third-order valence-corrected chi connectivity index (χ3v) is 4.88. The molecule has 23 heavy (non-hydrogen) atoms. The zero-order valence-corrected chi connectivity index (χ0v) is 13.8. The van der Waals surface area contributed by atoms with E-state index in [0.717, 1.165) is 12.8 Å². The maximum Gasteiger partial charge on any atom is 0.268 e. The van der Waals surface area contributed by atoms with Crippen LogP contribution in [0.15, 0.2) is 24.3 Å². The molecule has 1 aliphatic carbocycles. The van der Waals surface area contributed by atoms with E-state index in [9.17, 15) is 9.59 Å². The number of ether oxygens (including phenoxy) is 1. The lowest BCUT2D eigenvalue weighted by Crippen LogP contribution is -2.50. The summed E-state index contributed by atoms with van der Waals surface area (Å²) in [6.07, 6.45) is 5.18. The van der Waals surface area contributed by atoms with Crippen LogP contribution in [0.3, 0.4) is 0 Å². The van der Waals surface area contributed by atoms with Gasteiger partial charge >= 0.3 is 0 Å². The molecule has 0 radical (unpaired) electrons. The van der Waals surface area contributed by atoms with Gasteiger partial charge in [0, 0.05) is 13.1 Å². The van der Waals surface area contributed by atoms with E-state index in [-0.39, 0.29) is 18.4 Å². The third-order valence-electron chi connectivity index (χ3n) is 4.88. The molecule has 1 unspecified atom stereocenters. The zero-order valence-electron chi connectivity index (χ0n) is 13.8. The summed E-state index contributed by atoms with van der Waals surface area (Å²) in [5.74, 6) is 0.496. The minimum Gasteiger partial charge on any atom is -0.479 e. The molecule has 0 spiro atoms. The number of fused-ring (bicyclic) bond motifs is 1. The maximum atomic E-state index is 12.7. The average Bonchev–Trinajstić information content (AvgIpc) is 2.59. The van der Waals surface area contributed by atoms with Crippen molar-refractivity contribution in [2.75, 3.05) is 18.5 Å². The van der Waals surface area contributed by atoms with Crippen molar-refractivity contribution in [3.63, 3.8) is 0 Å². The van der Waals surface area contributed by atoms with Crippen molar-refractivity contribution < 1.29 is 14.3 Å². The second kappa shape index (κ2) is 6.60. The molecular weight excluding hydrogens is 292 g/mol. The van der Waals surface area contributed by atoms with Crippen molar-refractivity contribution >= 4 is 17.5 Å². The molecule has 5 nitrogen and oxygen atoms in total. The fourth-order valence-electron chi connectivity index (χ4n) is 3.44. The maximum absolute atomic E-state index is 12.7. The summed E-state index contributed by atoms with van der Waals surface area (Å²) in [4.78, 5) is 28.5. The number of carbonyl (C=O) groups excluding carboxylic acids is 2. The molecule has 0 saturated heterocycles. The first-order valence-electron chi connectivity index (χ1n) is 8.40. The van der Waals surface area contributed by atoms with Crippen LogP contribution >= 0.6 is 0 Å². The summed E-state index contributed by atoms with van der Waals surface area (Å²) in [6.45, 7) is 1.80. The second-order valence-corrected chi connectivity index (χ2v) is 6.45. The van der Waals surface area contributed by atoms with Crippen LogP contribution in [0.25, 0.3) is 0 Å². The minimum absolute atomic E-state index is 0.00541. The molecule has 1 saturated carbocycles. The molecule has 1 aromatic carbocycles. The molecule has 1 heterocycles. The Hall–Kier alpha value is -2.04. The molecular formula is C18H24N2O3. The van der Waals surface area contributed by atoms with Gasteiger partial charge in [-0.15, -0.1) is 0 Å². The van der Waals surface area contributed by atoms with Gasteiger partial charge in [-0.3, -0.25) is 14.5 Å². The Bertz CT molecular complexity index is 596. The largest absolute Gasteiger partial charge is 0.479 e. The Morgan fingerprint density at radius 3 is 2.70 bits per heavy atom. The summed E-state index contributed by atoms with van der Waals surface area (Å²) >= 11 is 0. The van der Waals surface area contributed by atoms with Gasteiger partial charge < -0.3 is 9.64 Å². The van der Waals surface area contributed by atoms with E-state index in [1.807, 2.05) is 36.2 Å². The lowest BCUT2D eigenvalue weighted by molar-refractivity contribution is -0.134. The van der Waals surface area contributed by atoms with Crippen LogP contribution in [0.4, 0.5) is 5.69 Å². The quantitative estimate of drug-likeness (QED) is 0.861. The van der Waals surface area contributed by atoms with Gasteiger partial charge in [-0.05, 0) is 31.9 Å². The Balaban J connectivity index is 1.75. The van der Waals surface area contributed by atoms with E-state index in [1.165, 1.54) is 19.3 Å². The molecule has 2 aliphatic rings. The number of anilines is 1. The van der Waals surface area contributed by atoms with E-state index in [1.54, 1.807) is 11.8 Å². The molecule has 0 aromatic heterocycles. The van der Waals surface area contributed by atoms with E-state index in [2.05, 4.69) is 0 Å². The summed E-state index contributed by atoms with van der Waals surface area (Å²) in [5, 5.41) is 0. The standard InChI is InChI=1S/C18H24N2O3/c1-13-18(22)20(15-10-6-7-11-16(15)23-13)12-17(21)19(2)14-8-4-3-5-9-14/h6-7,10-11,13-14H,3-5,8-9,12H2,1-2H3. The number of hydrogen-bond acceptors (Lipinski definition) is 3. The lowest BCUT2D eigenvalue weighted by Gasteiger charge is -2.36. The smallest absolute Gasteiger partial charge is 0.268 e. The number of carbonyl (C=O) groups is 2. The SMILES string of the molecule is CC1Oc2ccccc2N(CC(=O)N(C)C2CCCCC2)C1=O. The molecule has 1 fully saturated rings. The molecule has 124 valence electrons. The monoisotopic (exact) mass is 316 g/mol. The van der Waals surface area contributed by atoms with Crippen molar-refractivity contribution in [2.24, 2.45) is 0 Å². The van der Waals surface area contributed by atoms with Gasteiger partial charge in [0.25, 0.3) is 5.91 Å². The topological polar surface area (TPSA) is 49.9 Å². The van der Waals surface area contributed by atoms with E-state index in [4.69, 9.17) is 4.74 Å². The van der Waals surface area contributed by atoms with Crippen LogP contribution in [-0.4, -0.2) is 42.5 Å². The Morgan fingerprint density at radius 1 is 1.26 bits per heavy atom. The van der Waals surface area contributed by atoms with Gasteiger partial charge in [0.1, 0.15) is 12.3 Å². The molecule has 1 aromatic rings. The summed E-state index contributed by atoms with van der Waals surface area (Å²) in [5.41, 5.74) is 0.681. The van der Waals surface area contributed by atoms with Crippen molar-refractivity contribution in [1.82, 2.24) is 4.90 Å². The fraction of sp³-hybridized carbons (Fsp3) is 0.556. The Labute approximate surface area is 137 Å². The van der Waals surface area contributed by atoms with E-state index < -0.39 is 6.10 Å². The van der Waals surface area contributed by atoms with Gasteiger partial charge in [0.2, 0.25) is 5.91 Å². The predicted molar refractivity (Wildman–Crippen MR) is 88.5 cm³/mol. The number of likely N-dealkylation sites (N-methyl/N-ethyl adjacent to an activating group) is 1. The molecule has 1 aliphatic heterocycles. The van der Waals surface area contributed by atoms with Crippen molar-refractivity contribution in [3.8, 4) is 5.75 Å². The van der Waals surface area contributed by atoms with Crippen LogP contribution in [0.2, 0.25) is 0 Å². The van der Waals surface area contributed by atoms with Gasteiger partial charge in [-0.1, -0.05) is 31.4 Å². The Morgan fingerprint density at radius 2 is 1.96 bits per heavy atom. The number of hydrogen-bond donors (Lipinski definition) is 0. The van der Waals surface area contributed by atoms with Crippen molar-refractivity contribution in [3.05, 3.63) is 24.3 Å². The number of rotatable bonds is 3. The lowest BCUT2D eigenvalue weighted by atomic mass is 9.94. The molecule has 3 rings (SSSR count). The van der Waals surface area contributed by atoms with Gasteiger partial charge in [-0.2, -0.15) is 0 Å². The highest BCUT2D eigenvalue weighted by molar-refractivity contribution is 6.03. The van der Waals surface area contributed by atoms with Crippen molar-refractivity contribution in [2.45, 2.75) is 51.2 Å². The first-order chi connectivity index (χ1) is 11.1. The van der Waals surface area contributed by atoms with Gasteiger partial charge in [0.15, 0.2) is 6.10 Å². The Kier molecular flexibility index (Phi) is 4.55. The second-order valence-electron chi connectivity index (χ2n) is 6.45. The van der Waals surface area contributed by atoms with E-state index >= 15 is 0 Å². The zero-order chi connectivity index (χ0) is 16.4. The molecule has 0 N–H and O–H groups in total. The number of nitrogens with zero attached hydrogens (tertiary/aromatic N) is 2. The van der Waals surface area contributed by atoms with E-state index in [0.29, 0.717) is 17.5 Å². The number of amides is 2. The molecule has 5 heteroatoms. The third kappa shape index (κ3) is 3.19. The summed E-state index contributed by atoms with van der Waals surface area (Å²) in [6, 6.07) is 7.69.